The fourth-order valence-electron chi connectivity index (χ4n) is 4.78. The van der Waals surface area contributed by atoms with E-state index < -0.39 is 0 Å². The van der Waals surface area contributed by atoms with Crippen molar-refractivity contribution in [3.05, 3.63) is 49.1 Å². The number of piperidine rings is 1. The van der Waals surface area contributed by atoms with Crippen molar-refractivity contribution in [1.82, 2.24) is 30.1 Å². The van der Waals surface area contributed by atoms with E-state index in [1.54, 1.807) is 0 Å². The summed E-state index contributed by atoms with van der Waals surface area (Å²) in [4.78, 5) is 19.7. The number of aromatic amines is 2. The van der Waals surface area contributed by atoms with Crippen molar-refractivity contribution < 1.29 is 0 Å². The van der Waals surface area contributed by atoms with E-state index >= 15 is 0 Å². The van der Waals surface area contributed by atoms with Crippen LogP contribution >= 0.6 is 0 Å². The molecule has 8 heteroatoms. The van der Waals surface area contributed by atoms with Crippen LogP contribution in [0.4, 0.5) is 11.4 Å². The summed E-state index contributed by atoms with van der Waals surface area (Å²) in [6.45, 7) is 6.35. The molecule has 8 nitrogen and oxygen atoms in total. The van der Waals surface area contributed by atoms with Gasteiger partial charge in [0.1, 0.15) is 11.2 Å². The molecule has 0 atom stereocenters. The summed E-state index contributed by atoms with van der Waals surface area (Å²) in [5.74, 6) is 0.748. The number of pyridine rings is 2. The zero-order valence-electron chi connectivity index (χ0n) is 19.5. The number of hydrogen-bond acceptors (Lipinski definition) is 6. The van der Waals surface area contributed by atoms with E-state index in [1.807, 2.05) is 24.8 Å². The van der Waals surface area contributed by atoms with Gasteiger partial charge in [0.2, 0.25) is 0 Å². The highest BCUT2D eigenvalue weighted by atomic mass is 15.2. The standard InChI is InChI=1S/C26H28N8/c1-16(2)29-19-10-18(12-27-13-19)17-6-7-21-20(11-17)24(33-32-21)26-30-22-14-28-15-23(25(22)31-26)34-8-4-3-5-9-34/h6-7,10-16,29H,3-5,8-9H2,1-2H3,(H,30,31)(H,32,33). The van der Waals surface area contributed by atoms with Crippen LogP contribution in [0.1, 0.15) is 33.1 Å². The van der Waals surface area contributed by atoms with Gasteiger partial charge in [-0.25, -0.2) is 4.98 Å². The Morgan fingerprint density at radius 3 is 2.62 bits per heavy atom. The third kappa shape index (κ3) is 3.75. The van der Waals surface area contributed by atoms with Gasteiger partial charge in [-0.05, 0) is 56.9 Å². The normalized spacial score (nSPS) is 14.4. The average Bonchev–Trinajstić information content (AvgIpc) is 3.48. The van der Waals surface area contributed by atoms with Gasteiger partial charge in [-0.2, -0.15) is 5.10 Å². The van der Waals surface area contributed by atoms with Gasteiger partial charge in [-0.1, -0.05) is 6.07 Å². The Hall–Kier alpha value is -3.94. The molecule has 0 spiro atoms. The second-order valence-electron chi connectivity index (χ2n) is 9.28. The van der Waals surface area contributed by atoms with Crippen LogP contribution in [0, 0.1) is 0 Å². The Kier molecular flexibility index (Phi) is 5.13. The maximum atomic E-state index is 4.99. The number of fused-ring (bicyclic) bond motifs is 2. The number of imidazole rings is 1. The number of rotatable bonds is 5. The van der Waals surface area contributed by atoms with Crippen LogP contribution in [0.15, 0.2) is 49.1 Å². The van der Waals surface area contributed by atoms with Gasteiger partial charge in [0.05, 0.1) is 34.8 Å². The fourth-order valence-corrected chi connectivity index (χ4v) is 4.78. The Bertz CT molecular complexity index is 1460. The second-order valence-corrected chi connectivity index (χ2v) is 9.28. The van der Waals surface area contributed by atoms with Crippen molar-refractivity contribution >= 4 is 33.3 Å². The number of hydrogen-bond donors (Lipinski definition) is 3. The van der Waals surface area contributed by atoms with Gasteiger partial charge >= 0.3 is 0 Å². The summed E-state index contributed by atoms with van der Waals surface area (Å²) in [5.41, 5.74) is 7.91. The number of nitrogens with one attached hydrogen (secondary N) is 3. The predicted octanol–water partition coefficient (Wildman–Crippen LogP) is 5.37. The molecule has 1 aliphatic rings. The summed E-state index contributed by atoms with van der Waals surface area (Å²) < 4.78 is 0. The molecule has 172 valence electrons. The van der Waals surface area contributed by atoms with Crippen molar-refractivity contribution in [2.45, 2.75) is 39.2 Å². The molecule has 5 heterocycles. The summed E-state index contributed by atoms with van der Waals surface area (Å²) in [5, 5.41) is 12.2. The van der Waals surface area contributed by atoms with E-state index in [1.165, 1.54) is 19.3 Å². The molecule has 5 aromatic rings. The summed E-state index contributed by atoms with van der Waals surface area (Å²) >= 11 is 0. The molecular formula is C26H28N8. The van der Waals surface area contributed by atoms with E-state index in [-0.39, 0.29) is 0 Å². The molecule has 34 heavy (non-hydrogen) atoms. The Morgan fingerprint density at radius 2 is 1.76 bits per heavy atom. The number of aromatic nitrogens is 6. The molecular weight excluding hydrogens is 424 g/mol. The molecule has 1 aliphatic heterocycles. The molecule has 0 bridgehead atoms. The van der Waals surface area contributed by atoms with Gasteiger partial charge in [-0.3, -0.25) is 15.1 Å². The van der Waals surface area contributed by atoms with E-state index in [0.717, 1.165) is 69.0 Å². The smallest absolute Gasteiger partial charge is 0.159 e. The topological polar surface area (TPSA) is 98.4 Å². The third-order valence-corrected chi connectivity index (χ3v) is 6.39. The van der Waals surface area contributed by atoms with Crippen LogP contribution in [0.25, 0.3) is 44.6 Å². The molecule has 0 unspecified atom stereocenters. The molecule has 6 rings (SSSR count). The minimum absolute atomic E-state index is 0.345. The van der Waals surface area contributed by atoms with Crippen molar-refractivity contribution in [3.8, 4) is 22.6 Å². The highest BCUT2D eigenvalue weighted by molar-refractivity contribution is 5.97. The van der Waals surface area contributed by atoms with Crippen LogP contribution in [0.3, 0.4) is 0 Å². The number of benzene rings is 1. The van der Waals surface area contributed by atoms with Gasteiger partial charge < -0.3 is 15.2 Å². The Labute approximate surface area is 197 Å². The zero-order chi connectivity index (χ0) is 23.1. The first-order chi connectivity index (χ1) is 16.7. The molecule has 1 saturated heterocycles. The van der Waals surface area contributed by atoms with Crippen LogP contribution in [0.2, 0.25) is 0 Å². The van der Waals surface area contributed by atoms with Gasteiger partial charge in [-0.15, -0.1) is 0 Å². The van der Waals surface area contributed by atoms with E-state index in [0.29, 0.717) is 6.04 Å². The molecule has 0 saturated carbocycles. The minimum atomic E-state index is 0.345. The first-order valence-corrected chi connectivity index (χ1v) is 11.9. The van der Waals surface area contributed by atoms with Crippen molar-refractivity contribution in [2.75, 3.05) is 23.3 Å². The molecule has 0 aliphatic carbocycles. The average molecular weight is 453 g/mol. The zero-order valence-corrected chi connectivity index (χ0v) is 19.5. The van der Waals surface area contributed by atoms with Crippen LogP contribution < -0.4 is 10.2 Å². The Morgan fingerprint density at radius 1 is 0.912 bits per heavy atom. The third-order valence-electron chi connectivity index (χ3n) is 6.39. The predicted molar refractivity (Wildman–Crippen MR) is 137 cm³/mol. The lowest BCUT2D eigenvalue weighted by atomic mass is 10.0. The SMILES string of the molecule is CC(C)Nc1cncc(-c2ccc3[nH]nc(-c4nc5c(N6CCCCC6)cncc5[nH]4)c3c2)c1. The van der Waals surface area contributed by atoms with Crippen LogP contribution in [-0.2, 0) is 0 Å². The van der Waals surface area contributed by atoms with E-state index in [9.17, 15) is 0 Å². The lowest BCUT2D eigenvalue weighted by Crippen LogP contribution is -2.29. The minimum Gasteiger partial charge on any atom is -0.382 e. The van der Waals surface area contributed by atoms with Gasteiger partial charge in [0.15, 0.2) is 5.82 Å². The van der Waals surface area contributed by atoms with E-state index in [4.69, 9.17) is 4.98 Å². The van der Waals surface area contributed by atoms with Crippen molar-refractivity contribution in [3.63, 3.8) is 0 Å². The molecule has 3 N–H and O–H groups in total. The maximum Gasteiger partial charge on any atom is 0.159 e. The largest absolute Gasteiger partial charge is 0.382 e. The number of nitrogens with zero attached hydrogens (tertiary/aromatic N) is 5. The highest BCUT2D eigenvalue weighted by Gasteiger charge is 2.19. The number of H-pyrrole nitrogens is 2. The molecule has 0 radical (unpaired) electrons. The summed E-state index contributed by atoms with van der Waals surface area (Å²) in [7, 11) is 0. The molecule has 1 fully saturated rings. The fraction of sp³-hybridized carbons (Fsp3) is 0.308. The monoisotopic (exact) mass is 452 g/mol. The maximum absolute atomic E-state index is 4.99. The van der Waals surface area contributed by atoms with Crippen LogP contribution in [0.5, 0.6) is 0 Å². The first-order valence-electron chi connectivity index (χ1n) is 11.9. The van der Waals surface area contributed by atoms with Crippen molar-refractivity contribution in [1.29, 1.82) is 0 Å². The van der Waals surface area contributed by atoms with E-state index in [2.05, 4.69) is 73.5 Å². The summed E-state index contributed by atoms with van der Waals surface area (Å²) in [6.07, 6.45) is 11.2. The number of anilines is 2. The summed E-state index contributed by atoms with van der Waals surface area (Å²) in [6, 6.07) is 8.79. The van der Waals surface area contributed by atoms with Crippen molar-refractivity contribution in [2.24, 2.45) is 0 Å². The first kappa shape index (κ1) is 20.7. The van der Waals surface area contributed by atoms with Gasteiger partial charge in [0.25, 0.3) is 0 Å². The van der Waals surface area contributed by atoms with Gasteiger partial charge in [0, 0.05) is 42.5 Å². The lowest BCUT2D eigenvalue weighted by Gasteiger charge is -2.28. The second kappa shape index (κ2) is 8.44. The quantitative estimate of drug-likeness (QED) is 0.331. The molecule has 1 aromatic carbocycles. The van der Waals surface area contributed by atoms with Crippen LogP contribution in [-0.4, -0.2) is 49.3 Å². The lowest BCUT2D eigenvalue weighted by molar-refractivity contribution is 0.578. The molecule has 0 amide bonds. The Balaban J connectivity index is 1.41. The molecule has 4 aromatic heterocycles. The highest BCUT2D eigenvalue weighted by Crippen LogP contribution is 2.33.